The summed E-state index contributed by atoms with van der Waals surface area (Å²) in [7, 11) is 1.65. The quantitative estimate of drug-likeness (QED) is 0.549. The molecule has 0 amide bonds. The van der Waals surface area contributed by atoms with Gasteiger partial charge in [-0.2, -0.15) is 0 Å². The zero-order valence-corrected chi connectivity index (χ0v) is 9.43. The summed E-state index contributed by atoms with van der Waals surface area (Å²) in [5, 5.41) is 3.86. The van der Waals surface area contributed by atoms with Gasteiger partial charge in [-0.05, 0) is 12.0 Å². The van der Waals surface area contributed by atoms with E-state index in [-0.39, 0.29) is 0 Å². The van der Waals surface area contributed by atoms with E-state index in [1.54, 1.807) is 13.3 Å². The molecular formula is C12H17NO2. The Balaban J connectivity index is 2.50. The highest BCUT2D eigenvalue weighted by Gasteiger charge is 2.00. The van der Waals surface area contributed by atoms with Crippen LogP contribution < -0.4 is 4.74 Å². The molecule has 0 aliphatic rings. The van der Waals surface area contributed by atoms with Crippen LogP contribution in [0.2, 0.25) is 0 Å². The number of benzene rings is 1. The Morgan fingerprint density at radius 1 is 1.33 bits per heavy atom. The average molecular weight is 207 g/mol. The SMILES string of the molecule is COc1ccccc1CON=CC(C)C. The van der Waals surface area contributed by atoms with Crippen molar-refractivity contribution in [1.29, 1.82) is 0 Å². The van der Waals surface area contributed by atoms with Gasteiger partial charge in [-0.15, -0.1) is 0 Å². The number of oxime groups is 1. The molecule has 3 nitrogen and oxygen atoms in total. The molecule has 1 aromatic rings. The summed E-state index contributed by atoms with van der Waals surface area (Å²) >= 11 is 0. The summed E-state index contributed by atoms with van der Waals surface area (Å²) in [5.41, 5.74) is 1.00. The van der Waals surface area contributed by atoms with Crippen LogP contribution in [0.4, 0.5) is 0 Å². The van der Waals surface area contributed by atoms with Crippen molar-refractivity contribution >= 4 is 6.21 Å². The molecule has 0 spiro atoms. The monoisotopic (exact) mass is 207 g/mol. The largest absolute Gasteiger partial charge is 0.496 e. The average Bonchev–Trinajstić information content (AvgIpc) is 2.24. The molecule has 0 fully saturated rings. The molecule has 0 unspecified atom stereocenters. The van der Waals surface area contributed by atoms with Crippen LogP contribution in [0.3, 0.4) is 0 Å². The highest BCUT2D eigenvalue weighted by Crippen LogP contribution is 2.17. The minimum absolute atomic E-state index is 0.405. The first-order valence-corrected chi connectivity index (χ1v) is 5.01. The summed E-state index contributed by atoms with van der Waals surface area (Å²) in [6.45, 7) is 4.54. The maximum atomic E-state index is 5.19. The molecule has 0 saturated heterocycles. The van der Waals surface area contributed by atoms with E-state index >= 15 is 0 Å². The molecule has 0 heterocycles. The van der Waals surface area contributed by atoms with Crippen LogP contribution in [0.5, 0.6) is 5.75 Å². The standard InChI is InChI=1S/C12H17NO2/c1-10(2)8-13-15-9-11-6-4-5-7-12(11)14-3/h4-8,10H,9H2,1-3H3. The Kier molecular flexibility index (Phi) is 4.68. The summed E-state index contributed by atoms with van der Waals surface area (Å²) in [5.74, 6) is 1.24. The molecule has 0 atom stereocenters. The van der Waals surface area contributed by atoms with Gasteiger partial charge in [-0.25, -0.2) is 0 Å². The number of para-hydroxylation sites is 1. The van der Waals surface area contributed by atoms with Crippen LogP contribution in [0.25, 0.3) is 0 Å². The Hall–Kier alpha value is -1.51. The number of hydrogen-bond acceptors (Lipinski definition) is 3. The Bertz CT molecular complexity index is 321. The zero-order valence-electron chi connectivity index (χ0n) is 9.43. The van der Waals surface area contributed by atoms with Crippen molar-refractivity contribution in [3.63, 3.8) is 0 Å². The fourth-order valence-corrected chi connectivity index (χ4v) is 1.09. The summed E-state index contributed by atoms with van der Waals surface area (Å²) in [6.07, 6.45) is 1.77. The third-order valence-corrected chi connectivity index (χ3v) is 1.85. The lowest BCUT2D eigenvalue weighted by Crippen LogP contribution is -1.94. The number of rotatable bonds is 5. The normalized spacial score (nSPS) is 10.9. The molecule has 0 N–H and O–H groups in total. The van der Waals surface area contributed by atoms with Crippen molar-refractivity contribution in [2.75, 3.05) is 7.11 Å². The van der Waals surface area contributed by atoms with Gasteiger partial charge in [0.25, 0.3) is 0 Å². The van der Waals surface area contributed by atoms with Gasteiger partial charge in [0, 0.05) is 11.8 Å². The van der Waals surface area contributed by atoms with Crippen LogP contribution >= 0.6 is 0 Å². The molecular weight excluding hydrogens is 190 g/mol. The van der Waals surface area contributed by atoms with E-state index in [4.69, 9.17) is 9.57 Å². The van der Waals surface area contributed by atoms with Gasteiger partial charge in [-0.3, -0.25) is 0 Å². The molecule has 15 heavy (non-hydrogen) atoms. The molecule has 0 aliphatic carbocycles. The number of methoxy groups -OCH3 is 1. The van der Waals surface area contributed by atoms with Crippen molar-refractivity contribution < 1.29 is 9.57 Å². The first-order valence-electron chi connectivity index (χ1n) is 5.01. The van der Waals surface area contributed by atoms with E-state index in [1.165, 1.54) is 0 Å². The first-order chi connectivity index (χ1) is 7.24. The highest BCUT2D eigenvalue weighted by molar-refractivity contribution is 5.58. The van der Waals surface area contributed by atoms with Crippen molar-refractivity contribution in [3.8, 4) is 5.75 Å². The molecule has 1 aromatic carbocycles. The number of nitrogens with zero attached hydrogens (tertiary/aromatic N) is 1. The molecule has 1 rings (SSSR count). The predicted molar refractivity (Wildman–Crippen MR) is 61.1 cm³/mol. The van der Waals surface area contributed by atoms with E-state index in [0.717, 1.165) is 11.3 Å². The van der Waals surface area contributed by atoms with Gasteiger partial charge >= 0.3 is 0 Å². The van der Waals surface area contributed by atoms with E-state index in [0.29, 0.717) is 12.5 Å². The second-order valence-electron chi connectivity index (χ2n) is 3.58. The summed E-state index contributed by atoms with van der Waals surface area (Å²) in [4.78, 5) is 5.16. The van der Waals surface area contributed by atoms with E-state index in [9.17, 15) is 0 Å². The van der Waals surface area contributed by atoms with Gasteiger partial charge in [0.15, 0.2) is 0 Å². The van der Waals surface area contributed by atoms with E-state index < -0.39 is 0 Å². The second-order valence-corrected chi connectivity index (χ2v) is 3.58. The third-order valence-electron chi connectivity index (χ3n) is 1.85. The molecule has 3 heteroatoms. The predicted octanol–water partition coefficient (Wildman–Crippen LogP) is 2.85. The van der Waals surface area contributed by atoms with Crippen LogP contribution in [0.15, 0.2) is 29.4 Å². The van der Waals surface area contributed by atoms with Gasteiger partial charge in [0.1, 0.15) is 12.4 Å². The molecule has 0 aliphatic heterocycles. The Morgan fingerprint density at radius 2 is 2.07 bits per heavy atom. The fourth-order valence-electron chi connectivity index (χ4n) is 1.09. The lowest BCUT2D eigenvalue weighted by molar-refractivity contribution is 0.128. The van der Waals surface area contributed by atoms with Crippen LogP contribution in [0.1, 0.15) is 19.4 Å². The minimum atomic E-state index is 0.405. The minimum Gasteiger partial charge on any atom is -0.496 e. The Labute approximate surface area is 90.7 Å². The second kappa shape index (κ2) is 6.06. The maximum absolute atomic E-state index is 5.19. The lowest BCUT2D eigenvalue weighted by Gasteiger charge is -2.06. The third kappa shape index (κ3) is 4.02. The summed E-state index contributed by atoms with van der Waals surface area (Å²) in [6, 6.07) is 7.75. The lowest BCUT2D eigenvalue weighted by atomic mass is 10.2. The smallest absolute Gasteiger partial charge is 0.145 e. The molecule has 0 saturated carbocycles. The molecule has 0 aromatic heterocycles. The molecule has 0 radical (unpaired) electrons. The number of ether oxygens (including phenoxy) is 1. The van der Waals surface area contributed by atoms with Gasteiger partial charge in [-0.1, -0.05) is 37.2 Å². The topological polar surface area (TPSA) is 30.8 Å². The van der Waals surface area contributed by atoms with Crippen molar-refractivity contribution in [2.24, 2.45) is 11.1 Å². The van der Waals surface area contributed by atoms with E-state index in [1.807, 2.05) is 24.3 Å². The molecule has 0 bridgehead atoms. The van der Waals surface area contributed by atoms with Crippen molar-refractivity contribution in [3.05, 3.63) is 29.8 Å². The highest BCUT2D eigenvalue weighted by atomic mass is 16.6. The summed E-state index contributed by atoms with van der Waals surface area (Å²) < 4.78 is 5.19. The van der Waals surface area contributed by atoms with Crippen LogP contribution in [-0.2, 0) is 11.4 Å². The number of hydrogen-bond donors (Lipinski definition) is 0. The van der Waals surface area contributed by atoms with Gasteiger partial charge in [0.2, 0.25) is 0 Å². The fraction of sp³-hybridized carbons (Fsp3) is 0.417. The van der Waals surface area contributed by atoms with Crippen LogP contribution in [-0.4, -0.2) is 13.3 Å². The first kappa shape index (κ1) is 11.6. The van der Waals surface area contributed by atoms with Crippen molar-refractivity contribution in [2.45, 2.75) is 20.5 Å². The maximum Gasteiger partial charge on any atom is 0.145 e. The van der Waals surface area contributed by atoms with Gasteiger partial charge < -0.3 is 9.57 Å². The van der Waals surface area contributed by atoms with Gasteiger partial charge in [0.05, 0.1) is 7.11 Å². The molecule has 82 valence electrons. The van der Waals surface area contributed by atoms with E-state index in [2.05, 4.69) is 19.0 Å². The van der Waals surface area contributed by atoms with Crippen molar-refractivity contribution in [1.82, 2.24) is 0 Å². The van der Waals surface area contributed by atoms with Crippen LogP contribution in [0, 0.1) is 5.92 Å². The Morgan fingerprint density at radius 3 is 2.73 bits per heavy atom. The zero-order chi connectivity index (χ0) is 11.1.